The highest BCUT2D eigenvalue weighted by Gasteiger charge is 2.16. The summed E-state index contributed by atoms with van der Waals surface area (Å²) in [7, 11) is 1.85. The summed E-state index contributed by atoms with van der Waals surface area (Å²) < 4.78 is 5.38. The van der Waals surface area contributed by atoms with Crippen LogP contribution in [0, 0.1) is 0 Å². The first-order valence-electron chi connectivity index (χ1n) is 5.21. The molecule has 1 aliphatic heterocycles. The SMILES string of the molecule is CNCc1nnc(NCC2CCCS2)o1. The molecule has 1 aliphatic rings. The van der Waals surface area contributed by atoms with Gasteiger partial charge in [0.05, 0.1) is 6.54 Å². The van der Waals surface area contributed by atoms with Crippen molar-refractivity contribution in [3.05, 3.63) is 5.89 Å². The Hall–Kier alpha value is -0.750. The number of anilines is 1. The standard InChI is InChI=1S/C9H16N4OS/c1-10-6-8-12-13-9(14-8)11-5-7-3-2-4-15-7/h7,10H,2-6H2,1H3,(H,11,13). The summed E-state index contributed by atoms with van der Waals surface area (Å²) in [6, 6.07) is 0.535. The molecule has 1 aromatic rings. The highest BCUT2D eigenvalue weighted by atomic mass is 32.2. The van der Waals surface area contributed by atoms with Crippen LogP contribution >= 0.6 is 11.8 Å². The molecule has 1 aromatic heterocycles. The van der Waals surface area contributed by atoms with Crippen LogP contribution in [0.5, 0.6) is 0 Å². The van der Waals surface area contributed by atoms with E-state index in [0.717, 1.165) is 6.54 Å². The Morgan fingerprint density at radius 1 is 1.53 bits per heavy atom. The van der Waals surface area contributed by atoms with Crippen molar-refractivity contribution >= 4 is 17.8 Å². The molecule has 0 spiro atoms. The van der Waals surface area contributed by atoms with Gasteiger partial charge in [-0.2, -0.15) is 11.8 Å². The third-order valence-corrected chi connectivity index (χ3v) is 3.70. The lowest BCUT2D eigenvalue weighted by molar-refractivity contribution is 0.489. The van der Waals surface area contributed by atoms with E-state index in [1.165, 1.54) is 18.6 Å². The Kier molecular flexibility index (Phi) is 3.85. The first kappa shape index (κ1) is 10.8. The van der Waals surface area contributed by atoms with Crippen LogP contribution in [0.25, 0.3) is 0 Å². The summed E-state index contributed by atoms with van der Waals surface area (Å²) in [5, 5.41) is 14.7. The lowest BCUT2D eigenvalue weighted by Gasteiger charge is -2.06. The van der Waals surface area contributed by atoms with E-state index in [4.69, 9.17) is 4.42 Å². The average molecular weight is 228 g/mol. The maximum absolute atomic E-state index is 5.38. The number of nitrogens with one attached hydrogen (secondary N) is 2. The molecule has 0 saturated carbocycles. The van der Waals surface area contributed by atoms with Crippen LogP contribution in [0.15, 0.2) is 4.42 Å². The van der Waals surface area contributed by atoms with E-state index in [9.17, 15) is 0 Å². The summed E-state index contributed by atoms with van der Waals surface area (Å²) in [6.45, 7) is 1.54. The monoisotopic (exact) mass is 228 g/mol. The van der Waals surface area contributed by atoms with E-state index in [1.807, 2.05) is 18.8 Å². The molecule has 0 bridgehead atoms. The minimum Gasteiger partial charge on any atom is -0.407 e. The minimum atomic E-state index is 0.535. The van der Waals surface area contributed by atoms with Crippen LogP contribution in [-0.2, 0) is 6.54 Å². The van der Waals surface area contributed by atoms with E-state index in [2.05, 4.69) is 20.8 Å². The Morgan fingerprint density at radius 3 is 3.20 bits per heavy atom. The second-order valence-electron chi connectivity index (χ2n) is 3.55. The van der Waals surface area contributed by atoms with Gasteiger partial charge in [0, 0.05) is 11.8 Å². The maximum atomic E-state index is 5.38. The maximum Gasteiger partial charge on any atom is 0.315 e. The molecule has 0 amide bonds. The van der Waals surface area contributed by atoms with Gasteiger partial charge in [0.1, 0.15) is 0 Å². The summed E-state index contributed by atoms with van der Waals surface area (Å²) in [5.41, 5.74) is 0. The van der Waals surface area contributed by atoms with Crippen molar-refractivity contribution in [2.75, 3.05) is 24.7 Å². The highest BCUT2D eigenvalue weighted by Crippen LogP contribution is 2.26. The van der Waals surface area contributed by atoms with E-state index in [1.54, 1.807) is 0 Å². The van der Waals surface area contributed by atoms with Gasteiger partial charge in [-0.3, -0.25) is 0 Å². The van der Waals surface area contributed by atoms with Gasteiger partial charge < -0.3 is 15.1 Å². The normalized spacial score (nSPS) is 20.7. The Bertz CT molecular complexity index is 298. The molecule has 6 heteroatoms. The number of rotatable bonds is 5. The molecule has 0 radical (unpaired) electrons. The van der Waals surface area contributed by atoms with Gasteiger partial charge in [0.25, 0.3) is 0 Å². The quantitative estimate of drug-likeness (QED) is 0.787. The van der Waals surface area contributed by atoms with Crippen LogP contribution < -0.4 is 10.6 Å². The highest BCUT2D eigenvalue weighted by molar-refractivity contribution is 8.00. The first-order chi connectivity index (χ1) is 7.38. The summed E-state index contributed by atoms with van der Waals surface area (Å²) >= 11 is 2.01. The molecule has 5 nitrogen and oxygen atoms in total. The van der Waals surface area contributed by atoms with Crippen molar-refractivity contribution < 1.29 is 4.42 Å². The molecule has 1 atom stereocenters. The number of aromatic nitrogens is 2. The third-order valence-electron chi connectivity index (χ3n) is 2.30. The van der Waals surface area contributed by atoms with E-state index in [-0.39, 0.29) is 0 Å². The van der Waals surface area contributed by atoms with Gasteiger partial charge in [-0.15, -0.1) is 5.10 Å². The van der Waals surface area contributed by atoms with Crippen LogP contribution in [0.2, 0.25) is 0 Å². The fourth-order valence-electron chi connectivity index (χ4n) is 1.55. The number of hydrogen-bond donors (Lipinski definition) is 2. The van der Waals surface area contributed by atoms with Gasteiger partial charge in [-0.25, -0.2) is 0 Å². The van der Waals surface area contributed by atoms with Gasteiger partial charge in [0.15, 0.2) is 0 Å². The Morgan fingerprint density at radius 2 is 2.47 bits per heavy atom. The number of hydrogen-bond acceptors (Lipinski definition) is 6. The van der Waals surface area contributed by atoms with Crippen molar-refractivity contribution in [1.29, 1.82) is 0 Å². The minimum absolute atomic E-state index is 0.535. The molecule has 1 saturated heterocycles. The Balaban J connectivity index is 1.77. The average Bonchev–Trinajstić information content (AvgIpc) is 2.85. The predicted octanol–water partition coefficient (Wildman–Crippen LogP) is 1.10. The van der Waals surface area contributed by atoms with E-state index in [0.29, 0.717) is 23.7 Å². The summed E-state index contributed by atoms with van der Waals surface area (Å²) in [6.07, 6.45) is 2.61. The fourth-order valence-corrected chi connectivity index (χ4v) is 2.76. The van der Waals surface area contributed by atoms with Crippen molar-refractivity contribution in [1.82, 2.24) is 15.5 Å². The topological polar surface area (TPSA) is 63.0 Å². The van der Waals surface area contributed by atoms with E-state index >= 15 is 0 Å². The van der Waals surface area contributed by atoms with Crippen molar-refractivity contribution in [2.45, 2.75) is 24.6 Å². The molecule has 1 unspecified atom stereocenters. The third kappa shape index (κ3) is 3.10. The molecule has 0 aliphatic carbocycles. The van der Waals surface area contributed by atoms with Crippen molar-refractivity contribution in [2.24, 2.45) is 0 Å². The van der Waals surface area contributed by atoms with Crippen molar-refractivity contribution in [3.8, 4) is 0 Å². The summed E-state index contributed by atoms with van der Waals surface area (Å²) in [4.78, 5) is 0. The van der Waals surface area contributed by atoms with Gasteiger partial charge in [-0.1, -0.05) is 5.10 Å². The second kappa shape index (κ2) is 5.37. The Labute approximate surface area is 93.4 Å². The second-order valence-corrected chi connectivity index (χ2v) is 4.96. The number of nitrogens with zero attached hydrogens (tertiary/aromatic N) is 2. The zero-order chi connectivity index (χ0) is 10.5. The van der Waals surface area contributed by atoms with Gasteiger partial charge in [0.2, 0.25) is 5.89 Å². The molecule has 2 N–H and O–H groups in total. The number of thioether (sulfide) groups is 1. The molecule has 2 rings (SSSR count). The van der Waals surface area contributed by atoms with Gasteiger partial charge >= 0.3 is 6.01 Å². The predicted molar refractivity (Wildman–Crippen MR) is 61.0 cm³/mol. The lowest BCUT2D eigenvalue weighted by Crippen LogP contribution is -2.13. The van der Waals surface area contributed by atoms with Crippen molar-refractivity contribution in [3.63, 3.8) is 0 Å². The lowest BCUT2D eigenvalue weighted by atomic mass is 10.2. The smallest absolute Gasteiger partial charge is 0.315 e. The van der Waals surface area contributed by atoms with Gasteiger partial charge in [-0.05, 0) is 25.6 Å². The van der Waals surface area contributed by atoms with Crippen LogP contribution in [0.3, 0.4) is 0 Å². The molecular formula is C9H16N4OS. The molecule has 84 valence electrons. The van der Waals surface area contributed by atoms with E-state index < -0.39 is 0 Å². The largest absolute Gasteiger partial charge is 0.407 e. The molecule has 2 heterocycles. The molecule has 15 heavy (non-hydrogen) atoms. The molecular weight excluding hydrogens is 212 g/mol. The molecule has 0 aromatic carbocycles. The fraction of sp³-hybridized carbons (Fsp3) is 0.778. The van der Waals surface area contributed by atoms with Crippen LogP contribution in [-0.4, -0.2) is 34.8 Å². The van der Waals surface area contributed by atoms with Crippen LogP contribution in [0.1, 0.15) is 18.7 Å². The first-order valence-corrected chi connectivity index (χ1v) is 6.26. The van der Waals surface area contributed by atoms with Crippen LogP contribution in [0.4, 0.5) is 6.01 Å². The zero-order valence-electron chi connectivity index (χ0n) is 8.82. The molecule has 1 fully saturated rings. The zero-order valence-corrected chi connectivity index (χ0v) is 9.64. The summed E-state index contributed by atoms with van der Waals surface area (Å²) in [5.74, 6) is 1.90.